The molecule has 0 heterocycles. The Balaban J connectivity index is 5.13. The van der Waals surface area contributed by atoms with Crippen LogP contribution in [-0.4, -0.2) is 76.0 Å². The van der Waals surface area contributed by atoms with Gasteiger partial charge in [-0.1, -0.05) is 20.3 Å². The number of carboxylic acids is 2. The van der Waals surface area contributed by atoms with Crippen LogP contribution in [0.15, 0.2) is 0 Å². The average Bonchev–Trinajstić information content (AvgIpc) is 2.71. The van der Waals surface area contributed by atoms with Gasteiger partial charge in [-0.3, -0.25) is 19.2 Å². The maximum Gasteiger partial charge on any atom is 0.326 e. The molecule has 0 saturated heterocycles. The number of carbonyl (C=O) groups is 5. The highest BCUT2D eigenvalue weighted by molar-refractivity contribution is 7.98. The molecule has 0 saturated carbocycles. The molecule has 0 aromatic carbocycles. The van der Waals surface area contributed by atoms with E-state index in [0.717, 1.165) is 0 Å². The zero-order valence-electron chi connectivity index (χ0n) is 18.3. The minimum absolute atomic E-state index is 0.193. The molecule has 12 heteroatoms. The maximum atomic E-state index is 12.6. The molecule has 5 unspecified atom stereocenters. The molecule has 0 aromatic rings. The van der Waals surface area contributed by atoms with E-state index < -0.39 is 53.8 Å². The highest BCUT2D eigenvalue weighted by atomic mass is 32.2. The minimum atomic E-state index is -1.20. The lowest BCUT2D eigenvalue weighted by Gasteiger charge is -2.24. The third kappa shape index (κ3) is 11.0. The van der Waals surface area contributed by atoms with E-state index in [2.05, 4.69) is 16.0 Å². The fraction of sp³-hybridized carbons (Fsp3) is 0.737. The van der Waals surface area contributed by atoms with Crippen LogP contribution < -0.4 is 21.7 Å². The van der Waals surface area contributed by atoms with E-state index in [1.54, 1.807) is 13.8 Å². The first-order chi connectivity index (χ1) is 14.4. The van der Waals surface area contributed by atoms with Crippen molar-refractivity contribution in [1.29, 1.82) is 0 Å². The molecule has 3 amide bonds. The zero-order chi connectivity index (χ0) is 24.1. The number of nitrogens with one attached hydrogen (secondary N) is 3. The molecule has 5 atom stereocenters. The summed E-state index contributed by atoms with van der Waals surface area (Å²) in [6, 6.07) is -4.29. The molecule has 0 radical (unpaired) electrons. The lowest BCUT2D eigenvalue weighted by molar-refractivity contribution is -0.143. The van der Waals surface area contributed by atoms with Crippen molar-refractivity contribution in [3.05, 3.63) is 0 Å². The zero-order valence-corrected chi connectivity index (χ0v) is 19.2. The Kier molecular flexibility index (Phi) is 13.5. The second-order valence-electron chi connectivity index (χ2n) is 7.32. The summed E-state index contributed by atoms with van der Waals surface area (Å²) in [5.41, 5.74) is 5.79. The first kappa shape index (κ1) is 28.7. The smallest absolute Gasteiger partial charge is 0.326 e. The van der Waals surface area contributed by atoms with Crippen molar-refractivity contribution in [2.45, 2.75) is 70.6 Å². The molecule has 0 bridgehead atoms. The molecule has 7 N–H and O–H groups in total. The standard InChI is InChI=1S/C19H34N4O7S/c1-5-10(2)15(19(29)30)23-16(26)11(3)21-18(28)13(6-7-14(24)25)22-17(27)12(20)8-9-31-4/h10-13,15H,5-9,20H2,1-4H3,(H,21,28)(H,22,27)(H,23,26)(H,24,25)(H,29,30). The van der Waals surface area contributed by atoms with Gasteiger partial charge in [-0.2, -0.15) is 11.8 Å². The van der Waals surface area contributed by atoms with E-state index in [0.29, 0.717) is 18.6 Å². The number of hydrogen-bond donors (Lipinski definition) is 6. The van der Waals surface area contributed by atoms with Gasteiger partial charge in [0.15, 0.2) is 0 Å². The van der Waals surface area contributed by atoms with Gasteiger partial charge in [0.2, 0.25) is 17.7 Å². The summed E-state index contributed by atoms with van der Waals surface area (Å²) in [6.45, 7) is 4.83. The molecule has 0 rings (SSSR count). The number of aliphatic carboxylic acids is 2. The van der Waals surface area contributed by atoms with Crippen LogP contribution in [0.3, 0.4) is 0 Å². The Bertz CT molecular complexity index is 647. The minimum Gasteiger partial charge on any atom is -0.481 e. The van der Waals surface area contributed by atoms with Crippen LogP contribution in [0.5, 0.6) is 0 Å². The van der Waals surface area contributed by atoms with E-state index in [1.807, 2.05) is 6.26 Å². The van der Waals surface area contributed by atoms with Crippen molar-refractivity contribution in [2.24, 2.45) is 11.7 Å². The van der Waals surface area contributed by atoms with Gasteiger partial charge in [0.05, 0.1) is 6.04 Å². The van der Waals surface area contributed by atoms with Gasteiger partial charge in [0.1, 0.15) is 18.1 Å². The molecule has 0 spiro atoms. The van der Waals surface area contributed by atoms with Crippen molar-refractivity contribution < 1.29 is 34.2 Å². The molecule has 0 fully saturated rings. The summed E-state index contributed by atoms with van der Waals surface area (Å²) in [6.07, 6.45) is 2.19. The van der Waals surface area contributed by atoms with E-state index in [9.17, 15) is 29.1 Å². The largest absolute Gasteiger partial charge is 0.481 e. The number of carboxylic acid groups (broad SMARTS) is 2. The number of rotatable bonds is 15. The van der Waals surface area contributed by atoms with Crippen LogP contribution in [-0.2, 0) is 24.0 Å². The molecular weight excluding hydrogens is 428 g/mol. The van der Waals surface area contributed by atoms with Gasteiger partial charge in [-0.15, -0.1) is 0 Å². The van der Waals surface area contributed by atoms with Crippen LogP contribution in [0.25, 0.3) is 0 Å². The van der Waals surface area contributed by atoms with Gasteiger partial charge >= 0.3 is 11.9 Å². The second kappa shape index (κ2) is 14.6. The molecule has 11 nitrogen and oxygen atoms in total. The van der Waals surface area contributed by atoms with Crippen molar-refractivity contribution >= 4 is 41.4 Å². The number of thioether (sulfide) groups is 1. The van der Waals surface area contributed by atoms with Crippen LogP contribution in [0.2, 0.25) is 0 Å². The lowest BCUT2D eigenvalue weighted by atomic mass is 9.99. The number of hydrogen-bond acceptors (Lipinski definition) is 7. The van der Waals surface area contributed by atoms with Crippen molar-refractivity contribution in [2.75, 3.05) is 12.0 Å². The second-order valence-corrected chi connectivity index (χ2v) is 8.31. The van der Waals surface area contributed by atoms with Gasteiger partial charge in [0.25, 0.3) is 0 Å². The van der Waals surface area contributed by atoms with E-state index in [4.69, 9.17) is 10.8 Å². The van der Waals surface area contributed by atoms with Gasteiger partial charge in [-0.05, 0) is 37.7 Å². The summed E-state index contributed by atoms with van der Waals surface area (Å²) in [7, 11) is 0. The van der Waals surface area contributed by atoms with Crippen LogP contribution >= 0.6 is 11.8 Å². The molecule has 0 aliphatic rings. The van der Waals surface area contributed by atoms with Gasteiger partial charge in [-0.25, -0.2) is 4.79 Å². The molecule has 178 valence electrons. The highest BCUT2D eigenvalue weighted by Gasteiger charge is 2.30. The van der Waals surface area contributed by atoms with Crippen molar-refractivity contribution in [1.82, 2.24) is 16.0 Å². The number of carbonyl (C=O) groups excluding carboxylic acids is 3. The third-order valence-corrected chi connectivity index (χ3v) is 5.42. The fourth-order valence-corrected chi connectivity index (χ4v) is 3.02. The fourth-order valence-electron chi connectivity index (χ4n) is 2.53. The topological polar surface area (TPSA) is 188 Å². The maximum absolute atomic E-state index is 12.6. The predicted octanol–water partition coefficient (Wildman–Crippen LogP) is -0.463. The molecular formula is C19H34N4O7S. The van der Waals surface area contributed by atoms with Crippen LogP contribution in [0.1, 0.15) is 46.5 Å². The van der Waals surface area contributed by atoms with Crippen molar-refractivity contribution in [3.63, 3.8) is 0 Å². The third-order valence-electron chi connectivity index (χ3n) is 4.78. The van der Waals surface area contributed by atoms with Crippen molar-refractivity contribution in [3.8, 4) is 0 Å². The molecule has 0 aromatic heterocycles. The Morgan fingerprint density at radius 3 is 2.03 bits per heavy atom. The SMILES string of the molecule is CCC(C)C(NC(=O)C(C)NC(=O)C(CCC(=O)O)NC(=O)C(N)CCSC)C(=O)O. The van der Waals surface area contributed by atoms with E-state index in [-0.39, 0.29) is 18.8 Å². The molecule has 31 heavy (non-hydrogen) atoms. The summed E-state index contributed by atoms with van der Waals surface area (Å²) in [4.78, 5) is 59.5. The van der Waals surface area contributed by atoms with Gasteiger partial charge in [0, 0.05) is 6.42 Å². The quantitative estimate of drug-likeness (QED) is 0.187. The normalized spacial score (nSPS) is 15.6. The Morgan fingerprint density at radius 2 is 1.55 bits per heavy atom. The van der Waals surface area contributed by atoms with Gasteiger partial charge < -0.3 is 31.9 Å². The summed E-state index contributed by atoms with van der Waals surface area (Å²) < 4.78 is 0. The van der Waals surface area contributed by atoms with Crippen LogP contribution in [0, 0.1) is 5.92 Å². The first-order valence-electron chi connectivity index (χ1n) is 10.0. The Morgan fingerprint density at radius 1 is 0.935 bits per heavy atom. The predicted molar refractivity (Wildman–Crippen MR) is 116 cm³/mol. The monoisotopic (exact) mass is 462 g/mol. The summed E-state index contributed by atoms with van der Waals surface area (Å²) in [5, 5.41) is 25.4. The lowest BCUT2D eigenvalue weighted by Crippen LogP contribution is -2.57. The highest BCUT2D eigenvalue weighted by Crippen LogP contribution is 2.08. The van der Waals surface area contributed by atoms with E-state index in [1.165, 1.54) is 18.7 Å². The van der Waals surface area contributed by atoms with Crippen LogP contribution in [0.4, 0.5) is 0 Å². The number of nitrogens with two attached hydrogens (primary N) is 1. The van der Waals surface area contributed by atoms with E-state index >= 15 is 0 Å². The Labute approximate surface area is 186 Å². The first-order valence-corrected chi connectivity index (χ1v) is 11.4. The number of amides is 3. The average molecular weight is 463 g/mol. The summed E-state index contributed by atoms with van der Waals surface area (Å²) in [5.74, 6) is -4.09. The molecule has 0 aliphatic heterocycles. The summed E-state index contributed by atoms with van der Waals surface area (Å²) >= 11 is 1.51. The Hall–Kier alpha value is -2.34. The molecule has 0 aliphatic carbocycles.